The van der Waals surface area contributed by atoms with Crippen LogP contribution in [0.4, 0.5) is 5.69 Å². The predicted octanol–water partition coefficient (Wildman–Crippen LogP) is 0.227. The number of nitrogens with one attached hydrogen (secondary N) is 2. The molecule has 1 rings (SSSR count). The van der Waals surface area contributed by atoms with Crippen molar-refractivity contribution in [1.82, 2.24) is 5.32 Å². The van der Waals surface area contributed by atoms with E-state index in [0.717, 1.165) is 0 Å². The first-order valence-corrected chi connectivity index (χ1v) is 5.41. The maximum Gasteiger partial charge on any atom is 0.248 e. The van der Waals surface area contributed by atoms with E-state index in [-0.39, 0.29) is 18.9 Å². The quantitative estimate of drug-likeness (QED) is 0.624. The topological polar surface area (TPSA) is 108 Å². The Bertz CT molecular complexity index is 479. The summed E-state index contributed by atoms with van der Waals surface area (Å²) in [5.74, 6) is -0.730. The van der Waals surface area contributed by atoms with Gasteiger partial charge < -0.3 is 16.4 Å². The van der Waals surface area contributed by atoms with Crippen LogP contribution in [0.25, 0.3) is 0 Å². The molecule has 18 heavy (non-hydrogen) atoms. The summed E-state index contributed by atoms with van der Waals surface area (Å²) in [6.07, 6.45) is 0.281. The van der Waals surface area contributed by atoms with E-state index in [4.69, 9.17) is 11.0 Å². The maximum atomic E-state index is 11.3. The molecule has 0 saturated heterocycles. The van der Waals surface area contributed by atoms with Crippen LogP contribution in [-0.2, 0) is 4.79 Å². The SMILES string of the molecule is N#CCCNC(=O)CNc1cccc(C(N)=O)c1. The van der Waals surface area contributed by atoms with E-state index in [1.165, 1.54) is 0 Å². The number of carbonyl (C=O) groups is 2. The summed E-state index contributed by atoms with van der Waals surface area (Å²) in [5.41, 5.74) is 6.16. The Hall–Kier alpha value is -2.55. The lowest BCUT2D eigenvalue weighted by Crippen LogP contribution is -2.30. The highest BCUT2D eigenvalue weighted by atomic mass is 16.2. The zero-order chi connectivity index (χ0) is 13.4. The van der Waals surface area contributed by atoms with Gasteiger partial charge in [-0.1, -0.05) is 6.07 Å². The minimum Gasteiger partial charge on any atom is -0.376 e. The van der Waals surface area contributed by atoms with Crippen molar-refractivity contribution >= 4 is 17.5 Å². The third-order valence-electron chi connectivity index (χ3n) is 2.16. The molecule has 6 heteroatoms. The average molecular weight is 246 g/mol. The second kappa shape index (κ2) is 6.91. The lowest BCUT2D eigenvalue weighted by molar-refractivity contribution is -0.119. The number of amides is 2. The van der Waals surface area contributed by atoms with E-state index < -0.39 is 5.91 Å². The molecule has 0 unspecified atom stereocenters. The number of anilines is 1. The zero-order valence-electron chi connectivity index (χ0n) is 9.77. The van der Waals surface area contributed by atoms with Crippen molar-refractivity contribution in [2.75, 3.05) is 18.4 Å². The Labute approximate surface area is 105 Å². The highest BCUT2D eigenvalue weighted by molar-refractivity contribution is 5.93. The summed E-state index contributed by atoms with van der Waals surface area (Å²) in [4.78, 5) is 22.3. The lowest BCUT2D eigenvalue weighted by atomic mass is 10.2. The van der Waals surface area contributed by atoms with Gasteiger partial charge in [-0.05, 0) is 18.2 Å². The van der Waals surface area contributed by atoms with E-state index in [0.29, 0.717) is 17.8 Å². The van der Waals surface area contributed by atoms with E-state index in [1.807, 2.05) is 6.07 Å². The van der Waals surface area contributed by atoms with E-state index in [9.17, 15) is 9.59 Å². The van der Waals surface area contributed by atoms with Crippen LogP contribution in [0, 0.1) is 11.3 Å². The van der Waals surface area contributed by atoms with Crippen LogP contribution in [0.15, 0.2) is 24.3 Å². The fraction of sp³-hybridized carbons (Fsp3) is 0.250. The number of primary amides is 1. The number of carbonyl (C=O) groups excluding carboxylic acids is 2. The molecule has 0 atom stereocenters. The normalized spacial score (nSPS) is 9.28. The standard InChI is InChI=1S/C12H14N4O2/c13-5-2-6-15-11(17)8-16-10-4-1-3-9(7-10)12(14)18/h1,3-4,7,16H,2,6,8H2,(H2,14,18)(H,15,17). The van der Waals surface area contributed by atoms with Crippen LogP contribution in [0.2, 0.25) is 0 Å². The van der Waals surface area contributed by atoms with Gasteiger partial charge in [0.05, 0.1) is 19.0 Å². The van der Waals surface area contributed by atoms with Crippen molar-refractivity contribution < 1.29 is 9.59 Å². The fourth-order valence-corrected chi connectivity index (χ4v) is 1.29. The van der Waals surface area contributed by atoms with Gasteiger partial charge in [-0.25, -0.2) is 0 Å². The zero-order valence-corrected chi connectivity index (χ0v) is 9.77. The summed E-state index contributed by atoms with van der Waals surface area (Å²) in [6, 6.07) is 8.51. The smallest absolute Gasteiger partial charge is 0.248 e. The Kier molecular flexibility index (Phi) is 5.19. The molecule has 94 valence electrons. The Balaban J connectivity index is 2.44. The number of nitrogens with zero attached hydrogens (tertiary/aromatic N) is 1. The first-order chi connectivity index (χ1) is 8.63. The van der Waals surface area contributed by atoms with Crippen LogP contribution in [-0.4, -0.2) is 24.9 Å². The molecule has 0 heterocycles. The fourth-order valence-electron chi connectivity index (χ4n) is 1.29. The molecule has 4 N–H and O–H groups in total. The number of nitrogens with two attached hydrogens (primary N) is 1. The summed E-state index contributed by atoms with van der Waals surface area (Å²) in [6.45, 7) is 0.409. The van der Waals surface area contributed by atoms with Gasteiger partial charge in [-0.2, -0.15) is 5.26 Å². The molecule has 0 aromatic heterocycles. The number of hydrogen-bond donors (Lipinski definition) is 3. The third-order valence-corrected chi connectivity index (χ3v) is 2.16. The molecule has 0 aliphatic heterocycles. The van der Waals surface area contributed by atoms with Gasteiger partial charge in [0.2, 0.25) is 11.8 Å². The predicted molar refractivity (Wildman–Crippen MR) is 66.7 cm³/mol. The average Bonchev–Trinajstić information content (AvgIpc) is 2.37. The van der Waals surface area contributed by atoms with Crippen molar-refractivity contribution in [3.63, 3.8) is 0 Å². The molecule has 1 aromatic rings. The van der Waals surface area contributed by atoms with Crippen LogP contribution in [0.5, 0.6) is 0 Å². The molecule has 0 fully saturated rings. The number of rotatable bonds is 6. The van der Waals surface area contributed by atoms with Crippen molar-refractivity contribution in [1.29, 1.82) is 5.26 Å². The number of benzene rings is 1. The molecule has 0 saturated carbocycles. The highest BCUT2D eigenvalue weighted by Gasteiger charge is 2.03. The minimum atomic E-state index is -0.517. The molecule has 0 aliphatic rings. The van der Waals surface area contributed by atoms with Gasteiger partial charge in [0.1, 0.15) is 0 Å². The Morgan fingerprint density at radius 1 is 1.39 bits per heavy atom. The van der Waals surface area contributed by atoms with E-state index in [2.05, 4.69) is 10.6 Å². The van der Waals surface area contributed by atoms with Crippen LogP contribution < -0.4 is 16.4 Å². The van der Waals surface area contributed by atoms with E-state index in [1.54, 1.807) is 24.3 Å². The van der Waals surface area contributed by atoms with Gasteiger partial charge in [-0.3, -0.25) is 9.59 Å². The highest BCUT2D eigenvalue weighted by Crippen LogP contribution is 2.09. The summed E-state index contributed by atoms with van der Waals surface area (Å²) in [5, 5.41) is 13.7. The molecule has 2 amide bonds. The Morgan fingerprint density at radius 3 is 2.83 bits per heavy atom. The molecule has 6 nitrogen and oxygen atoms in total. The van der Waals surface area contributed by atoms with Crippen LogP contribution in [0.1, 0.15) is 16.8 Å². The monoisotopic (exact) mass is 246 g/mol. The molecule has 0 spiro atoms. The molecular weight excluding hydrogens is 232 g/mol. The Morgan fingerprint density at radius 2 is 2.17 bits per heavy atom. The largest absolute Gasteiger partial charge is 0.376 e. The van der Waals surface area contributed by atoms with Gasteiger partial charge in [0, 0.05) is 17.8 Å². The van der Waals surface area contributed by atoms with Crippen LogP contribution in [0.3, 0.4) is 0 Å². The lowest BCUT2D eigenvalue weighted by Gasteiger charge is -2.07. The molecule has 1 aromatic carbocycles. The number of hydrogen-bond acceptors (Lipinski definition) is 4. The van der Waals surface area contributed by atoms with Gasteiger partial charge in [-0.15, -0.1) is 0 Å². The van der Waals surface area contributed by atoms with Crippen molar-refractivity contribution in [3.05, 3.63) is 29.8 Å². The van der Waals surface area contributed by atoms with Crippen molar-refractivity contribution in [2.24, 2.45) is 5.73 Å². The molecule has 0 aliphatic carbocycles. The van der Waals surface area contributed by atoms with E-state index >= 15 is 0 Å². The molecular formula is C12H14N4O2. The van der Waals surface area contributed by atoms with Crippen LogP contribution >= 0.6 is 0 Å². The third kappa shape index (κ3) is 4.53. The summed E-state index contributed by atoms with van der Waals surface area (Å²) < 4.78 is 0. The van der Waals surface area contributed by atoms with Gasteiger partial charge >= 0.3 is 0 Å². The first-order valence-electron chi connectivity index (χ1n) is 5.41. The maximum absolute atomic E-state index is 11.3. The van der Waals surface area contributed by atoms with Gasteiger partial charge in [0.15, 0.2) is 0 Å². The second-order valence-electron chi connectivity index (χ2n) is 3.56. The summed E-state index contributed by atoms with van der Waals surface area (Å²) in [7, 11) is 0. The first kappa shape index (κ1) is 13.5. The minimum absolute atomic E-state index is 0.0770. The van der Waals surface area contributed by atoms with Gasteiger partial charge in [0.25, 0.3) is 0 Å². The second-order valence-corrected chi connectivity index (χ2v) is 3.56. The molecule has 0 bridgehead atoms. The summed E-state index contributed by atoms with van der Waals surface area (Å²) >= 11 is 0. The number of nitriles is 1. The molecule has 0 radical (unpaired) electrons. The van der Waals surface area contributed by atoms with Crippen molar-refractivity contribution in [3.8, 4) is 6.07 Å². The van der Waals surface area contributed by atoms with Crippen molar-refractivity contribution in [2.45, 2.75) is 6.42 Å².